The molecule has 1 amide bonds. The number of hydrogen-bond acceptors (Lipinski definition) is 4. The fraction of sp³-hybridized carbons (Fsp3) is 0.143. The largest absolute Gasteiger partial charge is 0.454 e. The highest BCUT2D eigenvalue weighted by Crippen LogP contribution is 2.36. The Morgan fingerprint density at radius 3 is 2.70 bits per heavy atom. The van der Waals surface area contributed by atoms with Crippen LogP contribution in [0, 0.1) is 0 Å². The van der Waals surface area contributed by atoms with Crippen LogP contribution in [0.4, 0.5) is 0 Å². The normalized spacial score (nSPS) is 13.6. The summed E-state index contributed by atoms with van der Waals surface area (Å²) in [6, 6.07) is 18.1. The molecule has 0 saturated heterocycles. The van der Waals surface area contributed by atoms with Crippen LogP contribution in [0.5, 0.6) is 11.5 Å². The first-order chi connectivity index (χ1) is 13.2. The first-order valence-corrected chi connectivity index (χ1v) is 9.43. The second-order valence-electron chi connectivity index (χ2n) is 6.48. The SMILES string of the molecule is Cn1c(=NC(=O)Cc2ccc3ccccc3c2)sc2cc3c(cc21)OCO3. The molecule has 0 spiro atoms. The first kappa shape index (κ1) is 16.1. The summed E-state index contributed by atoms with van der Waals surface area (Å²) in [6.45, 7) is 0.248. The van der Waals surface area contributed by atoms with Crippen LogP contribution < -0.4 is 14.3 Å². The molecule has 1 aromatic heterocycles. The van der Waals surface area contributed by atoms with Crippen LogP contribution in [0.1, 0.15) is 5.56 Å². The first-order valence-electron chi connectivity index (χ1n) is 8.62. The highest BCUT2D eigenvalue weighted by Gasteiger charge is 2.17. The van der Waals surface area contributed by atoms with Crippen molar-refractivity contribution in [1.29, 1.82) is 0 Å². The van der Waals surface area contributed by atoms with Gasteiger partial charge < -0.3 is 14.0 Å². The third-order valence-corrected chi connectivity index (χ3v) is 5.79. The van der Waals surface area contributed by atoms with Crippen molar-refractivity contribution in [3.63, 3.8) is 0 Å². The predicted molar refractivity (Wildman–Crippen MR) is 105 cm³/mol. The molecule has 0 atom stereocenters. The molecule has 1 aliphatic rings. The minimum Gasteiger partial charge on any atom is -0.454 e. The Labute approximate surface area is 159 Å². The number of benzene rings is 3. The third kappa shape index (κ3) is 2.88. The maximum Gasteiger partial charge on any atom is 0.252 e. The lowest BCUT2D eigenvalue weighted by atomic mass is 10.1. The summed E-state index contributed by atoms with van der Waals surface area (Å²) in [5.41, 5.74) is 1.94. The van der Waals surface area contributed by atoms with E-state index in [4.69, 9.17) is 9.47 Å². The fourth-order valence-corrected chi connectivity index (χ4v) is 4.34. The summed E-state index contributed by atoms with van der Waals surface area (Å²) in [6.07, 6.45) is 0.280. The molecule has 5 rings (SSSR count). The van der Waals surface area contributed by atoms with Crippen molar-refractivity contribution >= 4 is 38.2 Å². The quantitative estimate of drug-likeness (QED) is 0.535. The average molecular weight is 376 g/mol. The van der Waals surface area contributed by atoms with E-state index in [9.17, 15) is 4.79 Å². The Balaban J connectivity index is 1.48. The van der Waals surface area contributed by atoms with Gasteiger partial charge in [0.25, 0.3) is 5.91 Å². The predicted octanol–water partition coefficient (Wildman–Crippen LogP) is 3.79. The standard InChI is InChI=1S/C21H16N2O3S/c1-23-16-10-17-18(26-12-25-17)11-19(16)27-21(23)22-20(24)9-13-6-7-14-4-2-3-5-15(14)8-13/h2-8,10-11H,9,12H2,1H3. The Morgan fingerprint density at radius 2 is 1.85 bits per heavy atom. The molecule has 3 aromatic carbocycles. The number of nitrogens with zero attached hydrogens (tertiary/aromatic N) is 2. The van der Waals surface area contributed by atoms with Crippen LogP contribution in [0.15, 0.2) is 59.6 Å². The lowest BCUT2D eigenvalue weighted by Crippen LogP contribution is -2.14. The van der Waals surface area contributed by atoms with Crippen LogP contribution >= 0.6 is 11.3 Å². The smallest absolute Gasteiger partial charge is 0.252 e. The summed E-state index contributed by atoms with van der Waals surface area (Å²) in [5.74, 6) is 1.30. The second-order valence-corrected chi connectivity index (χ2v) is 7.49. The molecule has 0 N–H and O–H groups in total. The molecule has 6 heteroatoms. The van der Waals surface area contributed by atoms with Gasteiger partial charge in [-0.25, -0.2) is 0 Å². The molecular weight excluding hydrogens is 360 g/mol. The second kappa shape index (κ2) is 6.25. The molecule has 0 aliphatic carbocycles. The average Bonchev–Trinajstić information content (AvgIpc) is 3.24. The van der Waals surface area contributed by atoms with Crippen LogP contribution in [0.3, 0.4) is 0 Å². The number of hydrogen-bond donors (Lipinski definition) is 0. The zero-order valence-electron chi connectivity index (χ0n) is 14.6. The van der Waals surface area contributed by atoms with Gasteiger partial charge in [0.15, 0.2) is 16.3 Å². The molecule has 0 saturated carbocycles. The molecule has 134 valence electrons. The van der Waals surface area contributed by atoms with Crippen LogP contribution in [0.2, 0.25) is 0 Å². The lowest BCUT2D eigenvalue weighted by Gasteiger charge is -2.01. The number of ether oxygens (including phenoxy) is 2. The van der Waals surface area contributed by atoms with E-state index < -0.39 is 0 Å². The van der Waals surface area contributed by atoms with E-state index in [1.807, 2.05) is 54.1 Å². The number of aryl methyl sites for hydroxylation is 1. The summed E-state index contributed by atoms with van der Waals surface area (Å²) in [5, 5.41) is 2.30. The van der Waals surface area contributed by atoms with Crippen molar-refractivity contribution in [1.82, 2.24) is 4.57 Å². The van der Waals surface area contributed by atoms with E-state index in [1.165, 1.54) is 16.7 Å². The van der Waals surface area contributed by atoms with E-state index in [0.717, 1.165) is 32.7 Å². The summed E-state index contributed by atoms with van der Waals surface area (Å²) < 4.78 is 13.8. The molecule has 0 fully saturated rings. The number of aromatic nitrogens is 1. The number of carbonyl (C=O) groups excluding carboxylic acids is 1. The Morgan fingerprint density at radius 1 is 1.07 bits per heavy atom. The maximum atomic E-state index is 12.5. The molecule has 0 bridgehead atoms. The molecule has 27 heavy (non-hydrogen) atoms. The van der Waals surface area contributed by atoms with Gasteiger partial charge in [-0.3, -0.25) is 4.79 Å². The van der Waals surface area contributed by atoms with Gasteiger partial charge in [-0.2, -0.15) is 4.99 Å². The molecular formula is C21H16N2O3S. The van der Waals surface area contributed by atoms with Gasteiger partial charge in [-0.1, -0.05) is 53.8 Å². The van der Waals surface area contributed by atoms with Crippen LogP contribution in [-0.4, -0.2) is 17.3 Å². The van der Waals surface area contributed by atoms with Gasteiger partial charge >= 0.3 is 0 Å². The van der Waals surface area contributed by atoms with Crippen molar-refractivity contribution in [2.75, 3.05) is 6.79 Å². The Kier molecular flexibility index (Phi) is 3.72. The minimum absolute atomic E-state index is 0.160. The van der Waals surface area contributed by atoms with E-state index in [0.29, 0.717) is 4.80 Å². The van der Waals surface area contributed by atoms with Crippen molar-refractivity contribution in [3.8, 4) is 11.5 Å². The summed E-state index contributed by atoms with van der Waals surface area (Å²) >= 11 is 1.47. The topological polar surface area (TPSA) is 52.8 Å². The van der Waals surface area contributed by atoms with Crippen molar-refractivity contribution in [2.24, 2.45) is 12.0 Å². The van der Waals surface area contributed by atoms with Gasteiger partial charge in [-0.15, -0.1) is 0 Å². The molecule has 5 nitrogen and oxygen atoms in total. The highest BCUT2D eigenvalue weighted by atomic mass is 32.1. The summed E-state index contributed by atoms with van der Waals surface area (Å²) in [7, 11) is 1.91. The highest BCUT2D eigenvalue weighted by molar-refractivity contribution is 7.16. The lowest BCUT2D eigenvalue weighted by molar-refractivity contribution is -0.117. The zero-order valence-corrected chi connectivity index (χ0v) is 15.5. The van der Waals surface area contributed by atoms with Gasteiger partial charge in [0.1, 0.15) is 0 Å². The number of thiazole rings is 1. The fourth-order valence-electron chi connectivity index (χ4n) is 3.29. The number of amides is 1. The molecule has 0 radical (unpaired) electrons. The van der Waals surface area contributed by atoms with Gasteiger partial charge in [0.05, 0.1) is 16.6 Å². The van der Waals surface area contributed by atoms with Crippen molar-refractivity contribution in [3.05, 3.63) is 65.0 Å². The van der Waals surface area contributed by atoms with Gasteiger partial charge in [0.2, 0.25) is 6.79 Å². The molecule has 2 heterocycles. The van der Waals surface area contributed by atoms with E-state index in [-0.39, 0.29) is 19.1 Å². The van der Waals surface area contributed by atoms with Crippen molar-refractivity contribution in [2.45, 2.75) is 6.42 Å². The van der Waals surface area contributed by atoms with E-state index >= 15 is 0 Å². The Hall–Kier alpha value is -3.12. The van der Waals surface area contributed by atoms with E-state index in [2.05, 4.69) is 17.1 Å². The minimum atomic E-state index is -0.160. The molecule has 0 unspecified atom stereocenters. The van der Waals surface area contributed by atoms with E-state index in [1.54, 1.807) is 0 Å². The third-order valence-electron chi connectivity index (χ3n) is 4.69. The molecule has 4 aromatic rings. The maximum absolute atomic E-state index is 12.5. The number of fused-ring (bicyclic) bond motifs is 3. The van der Waals surface area contributed by atoms with Crippen LogP contribution in [-0.2, 0) is 18.3 Å². The van der Waals surface area contributed by atoms with Gasteiger partial charge in [0, 0.05) is 19.2 Å². The van der Waals surface area contributed by atoms with Crippen LogP contribution in [0.25, 0.3) is 21.0 Å². The monoisotopic (exact) mass is 376 g/mol. The van der Waals surface area contributed by atoms with Gasteiger partial charge in [-0.05, 0) is 16.3 Å². The number of carbonyl (C=O) groups is 1. The molecule has 1 aliphatic heterocycles. The zero-order chi connectivity index (χ0) is 18.4. The Bertz CT molecular complexity index is 1270. The van der Waals surface area contributed by atoms with Crippen molar-refractivity contribution < 1.29 is 14.3 Å². The summed E-state index contributed by atoms with van der Waals surface area (Å²) in [4.78, 5) is 17.5. The number of rotatable bonds is 2.